The van der Waals surface area contributed by atoms with Crippen LogP contribution in [-0.2, 0) is 4.74 Å². The van der Waals surface area contributed by atoms with Crippen LogP contribution in [0.2, 0.25) is 0 Å². The van der Waals surface area contributed by atoms with Crippen LogP contribution in [0, 0.1) is 5.82 Å². The first-order valence-corrected chi connectivity index (χ1v) is 6.87. The number of morpholine rings is 1. The predicted octanol–water partition coefficient (Wildman–Crippen LogP) is 2.13. The quantitative estimate of drug-likeness (QED) is 0.775. The van der Waals surface area contributed by atoms with Gasteiger partial charge in [-0.2, -0.15) is 0 Å². The van der Waals surface area contributed by atoms with Crippen LogP contribution in [0.15, 0.2) is 18.2 Å². The molecule has 1 aliphatic heterocycles. The zero-order valence-corrected chi connectivity index (χ0v) is 11.9. The molecule has 20 heavy (non-hydrogen) atoms. The van der Waals surface area contributed by atoms with E-state index in [4.69, 9.17) is 9.47 Å². The lowest BCUT2D eigenvalue weighted by Gasteiger charge is -2.31. The van der Waals surface area contributed by atoms with Crippen molar-refractivity contribution in [2.45, 2.75) is 20.0 Å². The molecule has 4 nitrogen and oxygen atoms in total. The minimum absolute atomic E-state index is 0.0199. The number of likely N-dealkylation sites (N-methyl/N-ethyl adjacent to an activating group) is 1. The lowest BCUT2D eigenvalue weighted by molar-refractivity contribution is -0.0464. The Hall–Kier alpha value is -1.46. The van der Waals surface area contributed by atoms with Gasteiger partial charge in [-0.25, -0.2) is 4.39 Å². The summed E-state index contributed by atoms with van der Waals surface area (Å²) in [5.74, 6) is -0.232. The number of hydrogen-bond acceptors (Lipinski definition) is 4. The van der Waals surface area contributed by atoms with Crippen LogP contribution in [0.3, 0.4) is 0 Å². The number of ketones is 1. The maximum absolute atomic E-state index is 13.2. The van der Waals surface area contributed by atoms with E-state index >= 15 is 0 Å². The lowest BCUT2D eigenvalue weighted by Crippen LogP contribution is -2.44. The topological polar surface area (TPSA) is 38.8 Å². The summed E-state index contributed by atoms with van der Waals surface area (Å²) in [5.41, 5.74) is 0.271. The number of hydrogen-bond donors (Lipinski definition) is 0. The molecule has 0 aromatic heterocycles. The summed E-state index contributed by atoms with van der Waals surface area (Å²) in [4.78, 5) is 13.8. The van der Waals surface area contributed by atoms with Gasteiger partial charge in [-0.15, -0.1) is 0 Å². The van der Waals surface area contributed by atoms with Crippen LogP contribution in [0.1, 0.15) is 24.2 Å². The van der Waals surface area contributed by atoms with Gasteiger partial charge in [0.1, 0.15) is 24.3 Å². The summed E-state index contributed by atoms with van der Waals surface area (Å²) in [7, 11) is 0. The van der Waals surface area contributed by atoms with Gasteiger partial charge >= 0.3 is 0 Å². The van der Waals surface area contributed by atoms with Gasteiger partial charge in [0.2, 0.25) is 0 Å². The van der Waals surface area contributed by atoms with Crippen molar-refractivity contribution >= 4 is 5.78 Å². The first kappa shape index (κ1) is 14.9. The van der Waals surface area contributed by atoms with Gasteiger partial charge < -0.3 is 9.47 Å². The van der Waals surface area contributed by atoms with E-state index in [9.17, 15) is 9.18 Å². The molecule has 0 radical (unpaired) electrons. The van der Waals surface area contributed by atoms with E-state index in [-0.39, 0.29) is 17.5 Å². The standard InChI is InChI=1S/C15H20FNO3/c1-3-17-6-7-19-13(9-17)10-20-15-5-4-12(16)8-14(15)11(2)18/h4-5,8,13H,3,6-7,9-10H2,1-2H3. The molecule has 0 amide bonds. The van der Waals surface area contributed by atoms with E-state index in [1.807, 2.05) is 0 Å². The fourth-order valence-electron chi connectivity index (χ4n) is 2.25. The van der Waals surface area contributed by atoms with Crippen molar-refractivity contribution in [3.63, 3.8) is 0 Å². The normalized spacial score (nSPS) is 19.9. The van der Waals surface area contributed by atoms with Gasteiger partial charge in [0.25, 0.3) is 0 Å². The van der Waals surface area contributed by atoms with Crippen molar-refractivity contribution in [2.24, 2.45) is 0 Å². The molecule has 110 valence electrons. The fourth-order valence-corrected chi connectivity index (χ4v) is 2.25. The maximum atomic E-state index is 13.2. The number of halogens is 1. The van der Waals surface area contributed by atoms with Gasteiger partial charge in [0.15, 0.2) is 5.78 Å². The Bertz CT molecular complexity index is 478. The zero-order valence-electron chi connectivity index (χ0n) is 11.9. The van der Waals surface area contributed by atoms with Crippen LogP contribution in [-0.4, -0.2) is 49.6 Å². The maximum Gasteiger partial charge on any atom is 0.163 e. The summed E-state index contributed by atoms with van der Waals surface area (Å²) < 4.78 is 24.4. The van der Waals surface area contributed by atoms with Crippen LogP contribution >= 0.6 is 0 Å². The van der Waals surface area contributed by atoms with Crippen molar-refractivity contribution < 1.29 is 18.7 Å². The van der Waals surface area contributed by atoms with Gasteiger partial charge in [0, 0.05) is 13.1 Å². The van der Waals surface area contributed by atoms with Gasteiger partial charge in [-0.1, -0.05) is 6.92 Å². The monoisotopic (exact) mass is 281 g/mol. The third-order valence-corrected chi connectivity index (χ3v) is 3.42. The van der Waals surface area contributed by atoms with Crippen molar-refractivity contribution in [3.8, 4) is 5.75 Å². The average molecular weight is 281 g/mol. The number of rotatable bonds is 5. The van der Waals surface area contributed by atoms with E-state index in [0.717, 1.165) is 19.6 Å². The van der Waals surface area contributed by atoms with E-state index < -0.39 is 5.82 Å². The Morgan fingerprint density at radius 3 is 3.05 bits per heavy atom. The molecule has 0 spiro atoms. The predicted molar refractivity (Wildman–Crippen MR) is 73.8 cm³/mol. The first-order valence-electron chi connectivity index (χ1n) is 6.87. The smallest absolute Gasteiger partial charge is 0.163 e. The second-order valence-electron chi connectivity index (χ2n) is 4.89. The Kier molecular flexibility index (Phi) is 5.09. The van der Waals surface area contributed by atoms with E-state index in [2.05, 4.69) is 11.8 Å². The molecule has 0 N–H and O–H groups in total. The summed E-state index contributed by atoms with van der Waals surface area (Å²) in [6.07, 6.45) is -0.0199. The molecule has 0 saturated carbocycles. The Morgan fingerprint density at radius 2 is 2.35 bits per heavy atom. The van der Waals surface area contributed by atoms with Crippen LogP contribution in [0.5, 0.6) is 5.75 Å². The number of Topliss-reactive ketones (excluding diaryl/α,β-unsaturated/α-hetero) is 1. The largest absolute Gasteiger partial charge is 0.490 e. The second-order valence-corrected chi connectivity index (χ2v) is 4.89. The van der Waals surface area contributed by atoms with Crippen molar-refractivity contribution in [3.05, 3.63) is 29.6 Å². The molecule has 1 aromatic carbocycles. The number of carbonyl (C=O) groups excluding carboxylic acids is 1. The average Bonchev–Trinajstić information content (AvgIpc) is 2.46. The highest BCUT2D eigenvalue weighted by Crippen LogP contribution is 2.21. The molecule has 1 atom stereocenters. The molecule has 1 aromatic rings. The molecule has 1 unspecified atom stereocenters. The molecule has 0 aliphatic carbocycles. The lowest BCUT2D eigenvalue weighted by atomic mass is 10.1. The summed E-state index contributed by atoms with van der Waals surface area (Å²) in [6, 6.07) is 3.99. The second kappa shape index (κ2) is 6.81. The van der Waals surface area contributed by atoms with Gasteiger partial charge in [-0.05, 0) is 31.7 Å². The third-order valence-electron chi connectivity index (χ3n) is 3.42. The highest BCUT2D eigenvalue weighted by atomic mass is 19.1. The van der Waals surface area contributed by atoms with Crippen LogP contribution in [0.4, 0.5) is 4.39 Å². The van der Waals surface area contributed by atoms with E-state index in [1.165, 1.54) is 25.1 Å². The number of ether oxygens (including phenoxy) is 2. The fraction of sp³-hybridized carbons (Fsp3) is 0.533. The number of benzene rings is 1. The number of nitrogens with zero attached hydrogens (tertiary/aromatic N) is 1. The molecule has 0 bridgehead atoms. The third kappa shape index (κ3) is 3.77. The molecule has 1 fully saturated rings. The van der Waals surface area contributed by atoms with Crippen molar-refractivity contribution in [1.29, 1.82) is 0 Å². The Labute approximate surface area is 118 Å². The van der Waals surface area contributed by atoms with Gasteiger partial charge in [0.05, 0.1) is 12.2 Å². The molecule has 2 rings (SSSR count). The van der Waals surface area contributed by atoms with E-state index in [1.54, 1.807) is 0 Å². The van der Waals surface area contributed by atoms with Crippen molar-refractivity contribution in [1.82, 2.24) is 4.90 Å². The summed E-state index contributed by atoms with van der Waals surface area (Å²) in [6.45, 7) is 7.28. The Balaban J connectivity index is 1.98. The minimum Gasteiger partial charge on any atom is -0.490 e. The van der Waals surface area contributed by atoms with Gasteiger partial charge in [-0.3, -0.25) is 9.69 Å². The molecular formula is C15H20FNO3. The summed E-state index contributed by atoms with van der Waals surface area (Å²) >= 11 is 0. The SMILES string of the molecule is CCN1CCOC(COc2ccc(F)cc2C(C)=O)C1. The minimum atomic E-state index is -0.436. The van der Waals surface area contributed by atoms with Crippen LogP contribution in [0.25, 0.3) is 0 Å². The molecule has 1 saturated heterocycles. The van der Waals surface area contributed by atoms with E-state index in [0.29, 0.717) is 19.0 Å². The molecular weight excluding hydrogens is 261 g/mol. The highest BCUT2D eigenvalue weighted by Gasteiger charge is 2.20. The van der Waals surface area contributed by atoms with Crippen LogP contribution < -0.4 is 4.74 Å². The van der Waals surface area contributed by atoms with Crippen molar-refractivity contribution in [2.75, 3.05) is 32.8 Å². The number of carbonyl (C=O) groups is 1. The molecule has 5 heteroatoms. The zero-order chi connectivity index (χ0) is 14.5. The summed E-state index contributed by atoms with van der Waals surface area (Å²) in [5, 5.41) is 0. The Morgan fingerprint density at radius 1 is 1.55 bits per heavy atom. The highest BCUT2D eigenvalue weighted by molar-refractivity contribution is 5.96. The molecule has 1 aliphatic rings. The molecule has 1 heterocycles. The first-order chi connectivity index (χ1) is 9.60.